The molecular weight excluding hydrogens is 707 g/mol. The topological polar surface area (TPSA) is 48.5 Å². The first-order chi connectivity index (χ1) is 28.7. The van der Waals surface area contributed by atoms with Gasteiger partial charge in [0.15, 0.2) is 17.5 Å². The highest BCUT2D eigenvalue weighted by atomic mass is 15.0. The van der Waals surface area contributed by atoms with Crippen LogP contribution in [0.25, 0.3) is 111 Å². The predicted octanol–water partition coefficient (Wildman–Crippen LogP) is 13.4. The van der Waals surface area contributed by atoms with Crippen molar-refractivity contribution in [1.82, 2.24) is 24.1 Å². The van der Waals surface area contributed by atoms with Crippen LogP contribution in [0.3, 0.4) is 0 Å². The normalized spacial score (nSPS) is 11.8. The number of para-hydroxylation sites is 3. The second kappa shape index (κ2) is 12.8. The molecule has 270 valence electrons. The summed E-state index contributed by atoms with van der Waals surface area (Å²) in [7, 11) is 0. The van der Waals surface area contributed by atoms with Gasteiger partial charge in [0.1, 0.15) is 0 Å². The Morgan fingerprint density at radius 1 is 0.293 bits per heavy atom. The third-order valence-corrected chi connectivity index (χ3v) is 11.5. The number of fused-ring (bicyclic) bond motifs is 9. The molecule has 58 heavy (non-hydrogen) atoms. The van der Waals surface area contributed by atoms with Gasteiger partial charge >= 0.3 is 0 Å². The van der Waals surface area contributed by atoms with E-state index in [4.69, 9.17) is 15.0 Å². The fourth-order valence-corrected chi connectivity index (χ4v) is 8.81. The Bertz CT molecular complexity index is 3460. The number of hydrogen-bond acceptors (Lipinski definition) is 3. The molecule has 0 unspecified atom stereocenters. The second-order valence-corrected chi connectivity index (χ2v) is 14.9. The Kier molecular flexibility index (Phi) is 7.16. The minimum Gasteiger partial charge on any atom is -0.309 e. The Morgan fingerprint density at radius 3 is 1.41 bits per heavy atom. The Balaban J connectivity index is 1.06. The zero-order valence-electron chi connectivity index (χ0n) is 31.3. The summed E-state index contributed by atoms with van der Waals surface area (Å²) in [5.74, 6) is 1.91. The monoisotopic (exact) mass is 739 g/mol. The van der Waals surface area contributed by atoms with E-state index in [0.29, 0.717) is 17.5 Å². The molecule has 0 bridgehead atoms. The third-order valence-electron chi connectivity index (χ3n) is 11.5. The molecular formula is C53H33N5. The van der Waals surface area contributed by atoms with E-state index in [9.17, 15) is 0 Å². The van der Waals surface area contributed by atoms with Crippen molar-refractivity contribution in [3.63, 3.8) is 0 Å². The van der Waals surface area contributed by atoms with Crippen molar-refractivity contribution in [1.29, 1.82) is 0 Å². The van der Waals surface area contributed by atoms with Crippen molar-refractivity contribution in [3.05, 3.63) is 200 Å². The fraction of sp³-hybridized carbons (Fsp3) is 0. The molecule has 0 aliphatic rings. The van der Waals surface area contributed by atoms with Crippen molar-refractivity contribution >= 4 is 65.2 Å². The van der Waals surface area contributed by atoms with Gasteiger partial charge in [0, 0.05) is 49.6 Å². The molecule has 0 saturated carbocycles. The molecule has 3 aromatic heterocycles. The molecule has 12 rings (SSSR count). The first kappa shape index (κ1) is 32.4. The van der Waals surface area contributed by atoms with Gasteiger partial charge in [-0.1, -0.05) is 133 Å². The molecule has 9 aromatic carbocycles. The van der Waals surface area contributed by atoms with Crippen LogP contribution < -0.4 is 0 Å². The second-order valence-electron chi connectivity index (χ2n) is 14.9. The summed E-state index contributed by atoms with van der Waals surface area (Å²) in [4.78, 5) is 15.4. The van der Waals surface area contributed by atoms with Crippen LogP contribution in [0.5, 0.6) is 0 Å². The minimum atomic E-state index is 0.628. The van der Waals surface area contributed by atoms with Crippen LogP contribution in [0.1, 0.15) is 0 Å². The molecule has 0 saturated heterocycles. The van der Waals surface area contributed by atoms with Gasteiger partial charge in [0.05, 0.1) is 22.1 Å². The van der Waals surface area contributed by atoms with Crippen molar-refractivity contribution in [3.8, 4) is 45.5 Å². The van der Waals surface area contributed by atoms with Crippen molar-refractivity contribution in [2.75, 3.05) is 0 Å². The Hall–Kier alpha value is -7.89. The first-order valence-corrected chi connectivity index (χ1v) is 19.6. The van der Waals surface area contributed by atoms with Crippen molar-refractivity contribution < 1.29 is 0 Å². The highest BCUT2D eigenvalue weighted by molar-refractivity contribution is 6.26. The van der Waals surface area contributed by atoms with E-state index < -0.39 is 0 Å². The van der Waals surface area contributed by atoms with E-state index >= 15 is 0 Å². The van der Waals surface area contributed by atoms with Gasteiger partial charge in [-0.25, -0.2) is 15.0 Å². The number of benzene rings is 9. The van der Waals surface area contributed by atoms with Crippen molar-refractivity contribution in [2.45, 2.75) is 0 Å². The van der Waals surface area contributed by atoms with E-state index in [0.717, 1.165) is 44.4 Å². The van der Waals surface area contributed by atoms with Crippen LogP contribution in [0.4, 0.5) is 0 Å². The maximum Gasteiger partial charge on any atom is 0.164 e. The van der Waals surface area contributed by atoms with Gasteiger partial charge < -0.3 is 9.13 Å². The summed E-state index contributed by atoms with van der Waals surface area (Å²) in [6, 6.07) is 71.0. The van der Waals surface area contributed by atoms with E-state index in [2.05, 4.69) is 209 Å². The summed E-state index contributed by atoms with van der Waals surface area (Å²) >= 11 is 0. The van der Waals surface area contributed by atoms with Gasteiger partial charge in [-0.05, 0) is 88.3 Å². The van der Waals surface area contributed by atoms with Crippen LogP contribution in [0.2, 0.25) is 0 Å². The average molecular weight is 740 g/mol. The molecule has 0 fully saturated rings. The molecule has 12 aromatic rings. The molecule has 0 radical (unpaired) electrons. The van der Waals surface area contributed by atoms with Crippen LogP contribution in [-0.2, 0) is 0 Å². The number of hydrogen-bond donors (Lipinski definition) is 0. The predicted molar refractivity (Wildman–Crippen MR) is 240 cm³/mol. The van der Waals surface area contributed by atoms with Gasteiger partial charge in [0.2, 0.25) is 0 Å². The van der Waals surface area contributed by atoms with Crippen LogP contribution in [0.15, 0.2) is 200 Å². The summed E-state index contributed by atoms with van der Waals surface area (Å²) in [5, 5.41) is 9.54. The summed E-state index contributed by atoms with van der Waals surface area (Å²) < 4.78 is 4.81. The van der Waals surface area contributed by atoms with E-state index in [1.54, 1.807) is 0 Å². The maximum atomic E-state index is 5.14. The highest BCUT2D eigenvalue weighted by Crippen LogP contribution is 2.42. The first-order valence-electron chi connectivity index (χ1n) is 19.6. The highest BCUT2D eigenvalue weighted by Gasteiger charge is 2.21. The largest absolute Gasteiger partial charge is 0.309 e. The summed E-state index contributed by atoms with van der Waals surface area (Å²) in [6.07, 6.45) is 0. The Labute approximate surface area is 333 Å². The van der Waals surface area contributed by atoms with Gasteiger partial charge in [-0.15, -0.1) is 0 Å². The Morgan fingerprint density at radius 2 is 0.776 bits per heavy atom. The number of rotatable bonds is 5. The molecule has 3 heterocycles. The van der Waals surface area contributed by atoms with Gasteiger partial charge in [-0.3, -0.25) is 0 Å². The summed E-state index contributed by atoms with van der Waals surface area (Å²) in [6.45, 7) is 0. The van der Waals surface area contributed by atoms with Crippen LogP contribution in [0, 0.1) is 0 Å². The molecule has 0 aliphatic heterocycles. The fourth-order valence-electron chi connectivity index (χ4n) is 8.81. The smallest absolute Gasteiger partial charge is 0.164 e. The lowest BCUT2D eigenvalue weighted by atomic mass is 10.1. The van der Waals surface area contributed by atoms with Crippen LogP contribution in [-0.4, -0.2) is 24.1 Å². The number of nitrogens with zero attached hydrogens (tertiary/aromatic N) is 5. The SMILES string of the molecule is c1ccc(-n2c3ccccc3c3c2ccc2c4ccccc4n(-c4ccc(-c5nc(-c6ccc7ccccc7c6)nc(-c6ccc7ccccc7c6)n5)cc4)c23)cc1. The van der Waals surface area contributed by atoms with Crippen molar-refractivity contribution in [2.24, 2.45) is 0 Å². The van der Waals surface area contributed by atoms with E-state index in [1.807, 2.05) is 0 Å². The lowest BCUT2D eigenvalue weighted by Crippen LogP contribution is -2.01. The zero-order valence-corrected chi connectivity index (χ0v) is 31.3. The molecule has 0 N–H and O–H groups in total. The van der Waals surface area contributed by atoms with E-state index in [1.165, 1.54) is 48.9 Å². The standard InChI is InChI=1S/C53H33N5/c1-2-16-41(17-3-1)57-47-21-11-9-19-45(47)49-48(57)31-30-44-43-18-8-10-20-46(43)58(50(44)49)42-28-26-36(27-29-42)51-54-52(39-24-22-34-12-4-6-14-37(34)32-39)56-53(55-51)40-25-23-35-13-5-7-15-38(35)33-40/h1-33H. The molecule has 5 nitrogen and oxygen atoms in total. The van der Waals surface area contributed by atoms with Crippen LogP contribution >= 0.6 is 0 Å². The quantitative estimate of drug-likeness (QED) is 0.177. The maximum absolute atomic E-state index is 5.14. The summed E-state index contributed by atoms with van der Waals surface area (Å²) in [5.41, 5.74) is 9.73. The zero-order chi connectivity index (χ0) is 38.2. The molecule has 0 amide bonds. The lowest BCUT2D eigenvalue weighted by molar-refractivity contribution is 1.07. The molecule has 5 heteroatoms. The third kappa shape index (κ3) is 5.07. The van der Waals surface area contributed by atoms with Gasteiger partial charge in [0.25, 0.3) is 0 Å². The minimum absolute atomic E-state index is 0.628. The number of aromatic nitrogens is 5. The van der Waals surface area contributed by atoms with Gasteiger partial charge in [-0.2, -0.15) is 0 Å². The lowest BCUT2D eigenvalue weighted by Gasteiger charge is -2.12. The van der Waals surface area contributed by atoms with E-state index in [-0.39, 0.29) is 0 Å². The molecule has 0 aliphatic carbocycles. The molecule has 0 atom stereocenters. The molecule has 0 spiro atoms. The average Bonchev–Trinajstić information content (AvgIpc) is 3.82.